The van der Waals surface area contributed by atoms with Gasteiger partial charge in [0.1, 0.15) is 35.5 Å². The van der Waals surface area contributed by atoms with Crippen molar-refractivity contribution in [1.82, 2.24) is 25.3 Å². The molecular formula is C31H44F3N5O6. The van der Waals surface area contributed by atoms with Gasteiger partial charge in [0.25, 0.3) is 0 Å². The molecule has 14 heteroatoms. The Labute approximate surface area is 261 Å². The fraction of sp³-hybridized carbons (Fsp3) is 0.677. The minimum Gasteiger partial charge on any atom is -0.493 e. The molecule has 0 bridgehead atoms. The molecule has 250 valence electrons. The molecule has 3 heterocycles. The van der Waals surface area contributed by atoms with Gasteiger partial charge >= 0.3 is 12.3 Å². The van der Waals surface area contributed by atoms with Crippen LogP contribution >= 0.6 is 0 Å². The fourth-order valence-electron chi connectivity index (χ4n) is 6.04. The average molecular weight is 640 g/mol. The second-order valence-electron chi connectivity index (χ2n) is 13.1. The van der Waals surface area contributed by atoms with Crippen LogP contribution in [0.2, 0.25) is 0 Å². The molecule has 0 saturated carbocycles. The number of nitrogens with one attached hydrogen (secondary N) is 2. The van der Waals surface area contributed by atoms with Crippen LogP contribution in [0.15, 0.2) is 24.3 Å². The monoisotopic (exact) mass is 639 g/mol. The first-order valence-electron chi connectivity index (χ1n) is 15.4. The van der Waals surface area contributed by atoms with Crippen molar-refractivity contribution in [1.29, 1.82) is 0 Å². The van der Waals surface area contributed by atoms with Gasteiger partial charge in [-0.15, -0.1) is 0 Å². The smallest absolute Gasteiger partial charge is 0.410 e. The molecule has 3 aliphatic rings. The largest absolute Gasteiger partial charge is 0.493 e. The molecule has 2 N–H and O–H groups in total. The van der Waals surface area contributed by atoms with E-state index in [1.807, 2.05) is 24.3 Å². The summed E-state index contributed by atoms with van der Waals surface area (Å²) in [6.45, 7) is 7.49. The number of carbonyl (C=O) groups is 4. The molecule has 2 saturated heterocycles. The van der Waals surface area contributed by atoms with E-state index < -0.39 is 66.4 Å². The molecule has 3 aliphatic heterocycles. The first-order valence-corrected chi connectivity index (χ1v) is 15.4. The lowest BCUT2D eigenvalue weighted by atomic mass is 10.00. The molecular weight excluding hydrogens is 595 g/mol. The second kappa shape index (κ2) is 13.4. The first-order chi connectivity index (χ1) is 21.0. The van der Waals surface area contributed by atoms with Crippen LogP contribution in [-0.4, -0.2) is 107 Å². The normalized spacial score (nSPS) is 25.4. The van der Waals surface area contributed by atoms with Crippen molar-refractivity contribution in [3.63, 3.8) is 0 Å². The highest BCUT2D eigenvalue weighted by atomic mass is 19.4. The number of rotatable bonds is 6. The zero-order valence-corrected chi connectivity index (χ0v) is 26.6. The summed E-state index contributed by atoms with van der Waals surface area (Å²) in [5.41, 5.74) is 0.00824. The number of hydrogen-bond donors (Lipinski definition) is 2. The standard InChI is InChI=1S/C31H44F3N5O6/c1-18(37(6)29(43)45-30(3,4)5)26(40)36-23-17-38(19(2)31(32,33)34)15-13-20-11-12-24(39(20)28(23)42)27(41)35-22-14-16-44-25-10-8-7-9-21(22)25/h7-10,18-20,22-24H,11-17H2,1-6H3,(H,35,41)(H,36,40)/t18-,19+,20+,22+,23-,24-/m0/s1. The molecule has 1 aromatic carbocycles. The number of benzene rings is 1. The Morgan fingerprint density at radius 2 is 1.71 bits per heavy atom. The Kier molecular flexibility index (Phi) is 10.2. The van der Waals surface area contributed by atoms with Gasteiger partial charge < -0.3 is 25.0 Å². The number of alkyl halides is 3. The molecule has 4 amide bonds. The highest BCUT2D eigenvalue weighted by Crippen LogP contribution is 2.35. The van der Waals surface area contributed by atoms with Gasteiger partial charge in [-0.1, -0.05) is 18.2 Å². The molecule has 11 nitrogen and oxygen atoms in total. The quantitative estimate of drug-likeness (QED) is 0.490. The molecule has 1 aromatic rings. The third-order valence-electron chi connectivity index (χ3n) is 8.78. The summed E-state index contributed by atoms with van der Waals surface area (Å²) in [5.74, 6) is -1.06. The maximum atomic E-state index is 14.2. The summed E-state index contributed by atoms with van der Waals surface area (Å²) in [4.78, 5) is 57.4. The topological polar surface area (TPSA) is 121 Å². The number of hydrogen-bond acceptors (Lipinski definition) is 7. The van der Waals surface area contributed by atoms with Crippen LogP contribution in [0.1, 0.15) is 71.9 Å². The van der Waals surface area contributed by atoms with Gasteiger partial charge in [-0.05, 0) is 59.9 Å². The molecule has 0 radical (unpaired) electrons. The minimum atomic E-state index is -4.56. The number of likely N-dealkylation sites (N-methyl/N-ethyl adjacent to an activating group) is 1. The molecule has 0 unspecified atom stereocenters. The van der Waals surface area contributed by atoms with Crippen LogP contribution in [0.3, 0.4) is 0 Å². The van der Waals surface area contributed by atoms with Crippen LogP contribution < -0.4 is 15.4 Å². The molecule has 45 heavy (non-hydrogen) atoms. The minimum absolute atomic E-state index is 0.0105. The number of carbonyl (C=O) groups excluding carboxylic acids is 4. The van der Waals surface area contributed by atoms with Gasteiger partial charge in [0.05, 0.1) is 12.6 Å². The number of ether oxygens (including phenoxy) is 2. The zero-order chi connectivity index (χ0) is 33.3. The van der Waals surface area contributed by atoms with Crippen LogP contribution in [0.4, 0.5) is 18.0 Å². The highest BCUT2D eigenvalue weighted by Gasteiger charge is 2.48. The van der Waals surface area contributed by atoms with Crippen LogP contribution in [-0.2, 0) is 19.1 Å². The number of fused-ring (bicyclic) bond motifs is 2. The third-order valence-corrected chi connectivity index (χ3v) is 8.78. The maximum Gasteiger partial charge on any atom is 0.410 e. The highest BCUT2D eigenvalue weighted by molar-refractivity contribution is 5.94. The van der Waals surface area contributed by atoms with E-state index in [0.717, 1.165) is 22.3 Å². The van der Waals surface area contributed by atoms with Crippen LogP contribution in [0.25, 0.3) is 0 Å². The van der Waals surface area contributed by atoms with E-state index in [0.29, 0.717) is 31.6 Å². The molecule has 4 rings (SSSR count). The van der Waals surface area contributed by atoms with E-state index in [1.165, 1.54) is 18.9 Å². The Balaban J connectivity index is 1.56. The Morgan fingerprint density at radius 1 is 1.02 bits per heavy atom. The van der Waals surface area contributed by atoms with E-state index in [9.17, 15) is 32.3 Å². The summed E-state index contributed by atoms with van der Waals surface area (Å²) in [7, 11) is 1.36. The van der Waals surface area contributed by atoms with E-state index in [2.05, 4.69) is 10.6 Å². The Bertz CT molecular complexity index is 1270. The van der Waals surface area contributed by atoms with Crippen molar-refractivity contribution >= 4 is 23.8 Å². The lowest BCUT2D eigenvalue weighted by Gasteiger charge is -2.41. The number of halogens is 3. The summed E-state index contributed by atoms with van der Waals surface area (Å²) in [5, 5.41) is 5.66. The molecule has 6 atom stereocenters. The van der Waals surface area contributed by atoms with Crippen LogP contribution in [0, 0.1) is 0 Å². The lowest BCUT2D eigenvalue weighted by Crippen LogP contribution is -2.63. The first kappa shape index (κ1) is 34.3. The zero-order valence-electron chi connectivity index (χ0n) is 26.6. The van der Waals surface area contributed by atoms with Crippen molar-refractivity contribution in [2.24, 2.45) is 0 Å². The van der Waals surface area contributed by atoms with Crippen LogP contribution in [0.5, 0.6) is 5.75 Å². The van der Waals surface area contributed by atoms with Crippen molar-refractivity contribution in [3.05, 3.63) is 29.8 Å². The van der Waals surface area contributed by atoms with Crippen molar-refractivity contribution in [2.45, 2.75) is 108 Å². The van der Waals surface area contributed by atoms with Crippen molar-refractivity contribution in [3.8, 4) is 5.75 Å². The fourth-order valence-corrected chi connectivity index (χ4v) is 6.04. The number of nitrogens with zero attached hydrogens (tertiary/aromatic N) is 3. The van der Waals surface area contributed by atoms with Gasteiger partial charge in [-0.2, -0.15) is 13.2 Å². The Morgan fingerprint density at radius 3 is 2.38 bits per heavy atom. The summed E-state index contributed by atoms with van der Waals surface area (Å²) < 4.78 is 52.5. The van der Waals surface area contributed by atoms with E-state index in [4.69, 9.17) is 9.47 Å². The van der Waals surface area contributed by atoms with Gasteiger partial charge in [-0.25, -0.2) is 4.79 Å². The average Bonchev–Trinajstić information content (AvgIpc) is 3.38. The lowest BCUT2D eigenvalue weighted by molar-refractivity contribution is -0.182. The predicted octanol–water partition coefficient (Wildman–Crippen LogP) is 3.38. The third kappa shape index (κ3) is 8.00. The summed E-state index contributed by atoms with van der Waals surface area (Å²) in [6, 6.07) is 1.35. The van der Waals surface area contributed by atoms with Gasteiger partial charge in [0.15, 0.2) is 0 Å². The summed E-state index contributed by atoms with van der Waals surface area (Å²) >= 11 is 0. The van der Waals surface area contributed by atoms with Gasteiger partial charge in [0, 0.05) is 38.2 Å². The SMILES string of the molecule is C[C@@H](C(=O)N[C@H]1CN([C@H](C)C(F)(F)F)CC[C@H]2CC[C@@H](C(=O)N[C@@H]3CCOc4ccccc43)N2C1=O)N(C)C(=O)OC(C)(C)C. The maximum absolute atomic E-state index is 14.2. The second-order valence-corrected chi connectivity index (χ2v) is 13.1. The molecule has 0 spiro atoms. The Hall–Kier alpha value is -3.55. The molecule has 2 fully saturated rings. The van der Waals surface area contributed by atoms with Gasteiger partial charge in [0.2, 0.25) is 17.7 Å². The summed E-state index contributed by atoms with van der Waals surface area (Å²) in [6.07, 6.45) is -3.78. The van der Waals surface area contributed by atoms with E-state index >= 15 is 0 Å². The van der Waals surface area contributed by atoms with Gasteiger partial charge in [-0.3, -0.25) is 24.2 Å². The molecule has 0 aliphatic carbocycles. The van der Waals surface area contributed by atoms with E-state index in [-0.39, 0.29) is 24.9 Å². The number of amides is 4. The predicted molar refractivity (Wildman–Crippen MR) is 158 cm³/mol. The van der Waals surface area contributed by atoms with E-state index in [1.54, 1.807) is 20.8 Å². The number of para-hydroxylation sites is 1. The molecule has 0 aromatic heterocycles. The van der Waals surface area contributed by atoms with Crippen molar-refractivity contribution in [2.75, 3.05) is 26.7 Å². The van der Waals surface area contributed by atoms with Crippen molar-refractivity contribution < 1.29 is 41.8 Å².